The standard InChI is InChI=1S/C13H11F3N2/c14-13(15,16)11-3-1-10(2-4-11)12-7-9(8-17)5-6-18-12/h1-7H,8,17H2. The molecule has 1 heterocycles. The summed E-state index contributed by atoms with van der Waals surface area (Å²) in [6.07, 6.45) is -2.72. The van der Waals surface area contributed by atoms with Crippen molar-refractivity contribution in [2.24, 2.45) is 5.73 Å². The Labute approximate surface area is 102 Å². The zero-order valence-electron chi connectivity index (χ0n) is 9.41. The third-order valence-electron chi connectivity index (χ3n) is 2.57. The second-order valence-electron chi connectivity index (χ2n) is 3.83. The topological polar surface area (TPSA) is 38.9 Å². The molecule has 0 saturated carbocycles. The molecule has 0 aliphatic rings. The molecule has 2 rings (SSSR count). The maximum atomic E-state index is 12.4. The average molecular weight is 252 g/mol. The van der Waals surface area contributed by atoms with Gasteiger partial charge in [0.1, 0.15) is 0 Å². The van der Waals surface area contributed by atoms with Crippen LogP contribution in [0.3, 0.4) is 0 Å². The minimum atomic E-state index is -4.31. The van der Waals surface area contributed by atoms with Gasteiger partial charge in [-0.25, -0.2) is 0 Å². The van der Waals surface area contributed by atoms with E-state index in [9.17, 15) is 13.2 Å². The molecule has 0 fully saturated rings. The summed E-state index contributed by atoms with van der Waals surface area (Å²) < 4.78 is 37.2. The molecule has 2 aromatic rings. The first-order chi connectivity index (χ1) is 8.50. The van der Waals surface area contributed by atoms with Crippen molar-refractivity contribution in [2.45, 2.75) is 12.7 Å². The van der Waals surface area contributed by atoms with Crippen LogP contribution in [-0.2, 0) is 12.7 Å². The van der Waals surface area contributed by atoms with E-state index < -0.39 is 11.7 Å². The molecule has 2 N–H and O–H groups in total. The van der Waals surface area contributed by atoms with Crippen molar-refractivity contribution in [1.82, 2.24) is 4.98 Å². The molecular weight excluding hydrogens is 241 g/mol. The third kappa shape index (κ3) is 2.68. The monoisotopic (exact) mass is 252 g/mol. The van der Waals surface area contributed by atoms with Gasteiger partial charge >= 0.3 is 6.18 Å². The van der Waals surface area contributed by atoms with Crippen LogP contribution in [0.25, 0.3) is 11.3 Å². The van der Waals surface area contributed by atoms with E-state index in [4.69, 9.17) is 5.73 Å². The molecule has 0 saturated heterocycles. The summed E-state index contributed by atoms with van der Waals surface area (Å²) in [5.74, 6) is 0. The molecule has 94 valence electrons. The molecule has 0 bridgehead atoms. The maximum absolute atomic E-state index is 12.4. The zero-order chi connectivity index (χ0) is 13.2. The van der Waals surface area contributed by atoms with E-state index in [1.165, 1.54) is 12.1 Å². The number of aromatic nitrogens is 1. The van der Waals surface area contributed by atoms with E-state index in [-0.39, 0.29) is 0 Å². The van der Waals surface area contributed by atoms with Gasteiger partial charge in [-0.2, -0.15) is 13.2 Å². The molecule has 5 heteroatoms. The lowest BCUT2D eigenvalue weighted by Gasteiger charge is -2.07. The van der Waals surface area contributed by atoms with Gasteiger partial charge in [-0.05, 0) is 29.8 Å². The fraction of sp³-hybridized carbons (Fsp3) is 0.154. The molecule has 0 spiro atoms. The third-order valence-corrected chi connectivity index (χ3v) is 2.57. The van der Waals surface area contributed by atoms with Gasteiger partial charge in [-0.3, -0.25) is 4.98 Å². The Morgan fingerprint density at radius 2 is 1.72 bits per heavy atom. The van der Waals surface area contributed by atoms with Crippen LogP contribution in [0.4, 0.5) is 13.2 Å². The van der Waals surface area contributed by atoms with Crippen LogP contribution in [0.2, 0.25) is 0 Å². The Hall–Kier alpha value is -1.88. The fourth-order valence-corrected chi connectivity index (χ4v) is 1.59. The first-order valence-electron chi connectivity index (χ1n) is 5.33. The molecule has 0 aliphatic carbocycles. The summed E-state index contributed by atoms with van der Waals surface area (Å²) in [6, 6.07) is 8.45. The molecule has 2 nitrogen and oxygen atoms in total. The second-order valence-corrected chi connectivity index (χ2v) is 3.83. The lowest BCUT2D eigenvalue weighted by Crippen LogP contribution is -2.04. The average Bonchev–Trinajstić information content (AvgIpc) is 2.38. The SMILES string of the molecule is NCc1ccnc(-c2ccc(C(F)(F)F)cc2)c1. The highest BCUT2D eigenvalue weighted by atomic mass is 19.4. The summed E-state index contributed by atoms with van der Waals surface area (Å²) in [5, 5.41) is 0. The van der Waals surface area contributed by atoms with Crippen LogP contribution < -0.4 is 5.73 Å². The predicted molar refractivity (Wildman–Crippen MR) is 62.6 cm³/mol. The van der Waals surface area contributed by atoms with Crippen molar-refractivity contribution in [1.29, 1.82) is 0 Å². The van der Waals surface area contributed by atoms with Gasteiger partial charge in [0.15, 0.2) is 0 Å². The molecule has 1 aromatic heterocycles. The summed E-state index contributed by atoms with van der Waals surface area (Å²) in [6.45, 7) is 0.371. The predicted octanol–water partition coefficient (Wildman–Crippen LogP) is 3.23. The summed E-state index contributed by atoms with van der Waals surface area (Å²) >= 11 is 0. The smallest absolute Gasteiger partial charge is 0.326 e. The van der Waals surface area contributed by atoms with Gasteiger partial charge in [-0.15, -0.1) is 0 Å². The van der Waals surface area contributed by atoms with Crippen LogP contribution in [0, 0.1) is 0 Å². The number of pyridine rings is 1. The van der Waals surface area contributed by atoms with Gasteiger partial charge in [0.25, 0.3) is 0 Å². The normalized spacial score (nSPS) is 11.6. The molecule has 0 radical (unpaired) electrons. The first-order valence-corrected chi connectivity index (χ1v) is 5.33. The van der Waals surface area contributed by atoms with Crippen LogP contribution in [0.1, 0.15) is 11.1 Å². The Morgan fingerprint density at radius 1 is 1.06 bits per heavy atom. The molecule has 18 heavy (non-hydrogen) atoms. The Bertz CT molecular complexity index is 533. The molecule has 0 aliphatic heterocycles. The van der Waals surface area contributed by atoms with Gasteiger partial charge in [0.2, 0.25) is 0 Å². The van der Waals surface area contributed by atoms with Crippen LogP contribution in [0.5, 0.6) is 0 Å². The van der Waals surface area contributed by atoms with E-state index in [1.54, 1.807) is 18.3 Å². The number of halogens is 3. The van der Waals surface area contributed by atoms with Crippen molar-refractivity contribution in [2.75, 3.05) is 0 Å². The van der Waals surface area contributed by atoms with E-state index in [0.717, 1.165) is 17.7 Å². The quantitative estimate of drug-likeness (QED) is 0.891. The molecule has 1 aromatic carbocycles. The Kier molecular flexibility index (Phi) is 3.34. The minimum absolute atomic E-state index is 0.371. The Balaban J connectivity index is 2.34. The Morgan fingerprint density at radius 3 is 2.28 bits per heavy atom. The molecule has 0 amide bonds. The largest absolute Gasteiger partial charge is 0.416 e. The van der Waals surface area contributed by atoms with E-state index in [1.807, 2.05) is 0 Å². The minimum Gasteiger partial charge on any atom is -0.326 e. The summed E-state index contributed by atoms with van der Waals surface area (Å²) in [4.78, 5) is 4.11. The van der Waals surface area contributed by atoms with Crippen LogP contribution in [0.15, 0.2) is 42.6 Å². The highest BCUT2D eigenvalue weighted by Crippen LogP contribution is 2.30. The van der Waals surface area contributed by atoms with E-state index in [0.29, 0.717) is 17.8 Å². The van der Waals surface area contributed by atoms with Gasteiger partial charge in [0, 0.05) is 18.3 Å². The molecule has 0 unspecified atom stereocenters. The highest BCUT2D eigenvalue weighted by Gasteiger charge is 2.29. The van der Waals surface area contributed by atoms with Gasteiger partial charge < -0.3 is 5.73 Å². The second kappa shape index (κ2) is 4.78. The van der Waals surface area contributed by atoms with Crippen molar-refractivity contribution in [3.8, 4) is 11.3 Å². The number of benzene rings is 1. The van der Waals surface area contributed by atoms with E-state index in [2.05, 4.69) is 4.98 Å². The number of nitrogens with two attached hydrogens (primary N) is 1. The van der Waals surface area contributed by atoms with Crippen LogP contribution in [-0.4, -0.2) is 4.98 Å². The first kappa shape index (κ1) is 12.6. The number of alkyl halides is 3. The number of rotatable bonds is 2. The van der Waals surface area contributed by atoms with Crippen molar-refractivity contribution >= 4 is 0 Å². The zero-order valence-corrected chi connectivity index (χ0v) is 9.41. The lowest BCUT2D eigenvalue weighted by molar-refractivity contribution is -0.137. The molecular formula is C13H11F3N2. The number of hydrogen-bond donors (Lipinski definition) is 1. The van der Waals surface area contributed by atoms with Gasteiger partial charge in [0.05, 0.1) is 11.3 Å². The van der Waals surface area contributed by atoms with Crippen molar-refractivity contribution < 1.29 is 13.2 Å². The number of nitrogens with zero attached hydrogens (tertiary/aromatic N) is 1. The summed E-state index contributed by atoms with van der Waals surface area (Å²) in [5.41, 5.74) is 6.98. The lowest BCUT2D eigenvalue weighted by atomic mass is 10.1. The van der Waals surface area contributed by atoms with Crippen LogP contribution >= 0.6 is 0 Å². The van der Waals surface area contributed by atoms with Crippen molar-refractivity contribution in [3.63, 3.8) is 0 Å². The van der Waals surface area contributed by atoms with Gasteiger partial charge in [-0.1, -0.05) is 12.1 Å². The number of hydrogen-bond acceptors (Lipinski definition) is 2. The molecule has 0 atom stereocenters. The highest BCUT2D eigenvalue weighted by molar-refractivity contribution is 5.60. The maximum Gasteiger partial charge on any atom is 0.416 e. The van der Waals surface area contributed by atoms with Crippen molar-refractivity contribution in [3.05, 3.63) is 53.7 Å². The fourth-order valence-electron chi connectivity index (χ4n) is 1.59. The van der Waals surface area contributed by atoms with E-state index >= 15 is 0 Å². The summed E-state index contributed by atoms with van der Waals surface area (Å²) in [7, 11) is 0.